The number of hydrogen-bond acceptors (Lipinski definition) is 1. The first kappa shape index (κ1) is 13.7. The van der Waals surface area contributed by atoms with Gasteiger partial charge in [0, 0.05) is 12.1 Å². The molecular formula is C13H19BrFN. The molecule has 0 atom stereocenters. The van der Waals surface area contributed by atoms with Gasteiger partial charge in [0.15, 0.2) is 0 Å². The van der Waals surface area contributed by atoms with Crippen LogP contribution in [-0.2, 0) is 6.54 Å². The van der Waals surface area contributed by atoms with Gasteiger partial charge < -0.3 is 5.32 Å². The minimum absolute atomic E-state index is 0.131. The summed E-state index contributed by atoms with van der Waals surface area (Å²) in [5, 5.41) is 3.48. The van der Waals surface area contributed by atoms with Gasteiger partial charge >= 0.3 is 0 Å². The molecule has 3 heteroatoms. The van der Waals surface area contributed by atoms with E-state index in [2.05, 4.69) is 42.0 Å². The van der Waals surface area contributed by atoms with Gasteiger partial charge in [0.25, 0.3) is 0 Å². The molecule has 0 bridgehead atoms. The van der Waals surface area contributed by atoms with Crippen LogP contribution in [0.5, 0.6) is 0 Å². The van der Waals surface area contributed by atoms with Crippen LogP contribution >= 0.6 is 15.9 Å². The Morgan fingerprint density at radius 3 is 2.50 bits per heavy atom. The Balaban J connectivity index is 2.71. The molecule has 1 rings (SSSR count). The van der Waals surface area contributed by atoms with E-state index in [0.717, 1.165) is 18.4 Å². The summed E-state index contributed by atoms with van der Waals surface area (Å²) in [6.07, 6.45) is 2.13. The highest BCUT2D eigenvalue weighted by Crippen LogP contribution is 2.22. The summed E-state index contributed by atoms with van der Waals surface area (Å²) in [6, 6.07) is 5.14. The predicted octanol–water partition coefficient (Wildman–Crippen LogP) is 4.26. The van der Waals surface area contributed by atoms with Crippen molar-refractivity contribution < 1.29 is 4.39 Å². The molecule has 90 valence electrons. The molecule has 0 unspecified atom stereocenters. The van der Waals surface area contributed by atoms with E-state index in [1.165, 1.54) is 6.07 Å². The van der Waals surface area contributed by atoms with E-state index >= 15 is 0 Å². The molecule has 0 aliphatic rings. The average Bonchev–Trinajstić information content (AvgIpc) is 2.31. The third kappa shape index (κ3) is 3.29. The molecule has 0 radical (unpaired) electrons. The molecule has 1 aromatic rings. The van der Waals surface area contributed by atoms with Gasteiger partial charge in [0.1, 0.15) is 5.82 Å². The third-order valence-corrected chi connectivity index (χ3v) is 4.19. The van der Waals surface area contributed by atoms with E-state index in [1.54, 1.807) is 6.07 Å². The van der Waals surface area contributed by atoms with Crippen LogP contribution in [0.3, 0.4) is 0 Å². The van der Waals surface area contributed by atoms with Crippen molar-refractivity contribution in [1.82, 2.24) is 5.32 Å². The summed E-state index contributed by atoms with van der Waals surface area (Å²) in [5.74, 6) is -0.200. The minimum atomic E-state index is -0.200. The summed E-state index contributed by atoms with van der Waals surface area (Å²) < 4.78 is 13.9. The highest BCUT2D eigenvalue weighted by atomic mass is 79.9. The molecule has 0 saturated carbocycles. The standard InChI is InChI=1S/C13H19BrFN/c1-4-13(3,5-2)16-9-10-7-6-8-11(15)12(10)14/h6-8,16H,4-5,9H2,1-3H3. The lowest BCUT2D eigenvalue weighted by atomic mass is 9.95. The molecule has 16 heavy (non-hydrogen) atoms. The molecule has 0 fully saturated rings. The lowest BCUT2D eigenvalue weighted by Crippen LogP contribution is -2.40. The van der Waals surface area contributed by atoms with Crippen molar-refractivity contribution in [3.05, 3.63) is 34.1 Å². The summed E-state index contributed by atoms with van der Waals surface area (Å²) in [6.45, 7) is 7.21. The molecule has 1 nitrogen and oxygen atoms in total. The van der Waals surface area contributed by atoms with Crippen molar-refractivity contribution in [2.75, 3.05) is 0 Å². The average molecular weight is 288 g/mol. The first-order valence-corrected chi connectivity index (χ1v) is 6.49. The molecule has 1 aromatic carbocycles. The predicted molar refractivity (Wildman–Crippen MR) is 69.9 cm³/mol. The monoisotopic (exact) mass is 287 g/mol. The molecule has 0 aliphatic carbocycles. The van der Waals surface area contributed by atoms with Crippen molar-refractivity contribution >= 4 is 15.9 Å². The quantitative estimate of drug-likeness (QED) is 0.853. The van der Waals surface area contributed by atoms with Crippen LogP contribution in [0, 0.1) is 5.82 Å². The van der Waals surface area contributed by atoms with Gasteiger partial charge in [-0.25, -0.2) is 4.39 Å². The van der Waals surface area contributed by atoms with E-state index in [4.69, 9.17) is 0 Å². The van der Waals surface area contributed by atoms with Crippen LogP contribution in [-0.4, -0.2) is 5.54 Å². The number of hydrogen-bond donors (Lipinski definition) is 1. The zero-order chi connectivity index (χ0) is 12.2. The Bertz CT molecular complexity index is 348. The summed E-state index contributed by atoms with van der Waals surface area (Å²) in [4.78, 5) is 0. The van der Waals surface area contributed by atoms with Gasteiger partial charge in [0.2, 0.25) is 0 Å². The first-order chi connectivity index (χ1) is 7.52. The molecule has 0 saturated heterocycles. The van der Waals surface area contributed by atoms with Crippen LogP contribution < -0.4 is 5.32 Å². The second kappa shape index (κ2) is 5.78. The smallest absolute Gasteiger partial charge is 0.137 e. The van der Waals surface area contributed by atoms with Crippen LogP contribution in [0.4, 0.5) is 4.39 Å². The largest absolute Gasteiger partial charge is 0.307 e. The Morgan fingerprint density at radius 2 is 1.94 bits per heavy atom. The van der Waals surface area contributed by atoms with E-state index in [9.17, 15) is 4.39 Å². The second-order valence-corrected chi connectivity index (χ2v) is 5.13. The normalized spacial score (nSPS) is 11.8. The zero-order valence-electron chi connectivity index (χ0n) is 10.1. The van der Waals surface area contributed by atoms with Crippen molar-refractivity contribution in [2.45, 2.75) is 45.7 Å². The maximum Gasteiger partial charge on any atom is 0.137 e. The van der Waals surface area contributed by atoms with Crippen LogP contribution in [0.15, 0.2) is 22.7 Å². The highest BCUT2D eigenvalue weighted by Gasteiger charge is 2.18. The molecular weight excluding hydrogens is 269 g/mol. The SMILES string of the molecule is CCC(C)(CC)NCc1cccc(F)c1Br. The van der Waals surface area contributed by atoms with E-state index in [0.29, 0.717) is 11.0 Å². The first-order valence-electron chi connectivity index (χ1n) is 5.70. The number of halogens is 2. The van der Waals surface area contributed by atoms with Gasteiger partial charge in [-0.1, -0.05) is 26.0 Å². The van der Waals surface area contributed by atoms with Gasteiger partial charge in [-0.3, -0.25) is 0 Å². The fraction of sp³-hybridized carbons (Fsp3) is 0.538. The van der Waals surface area contributed by atoms with E-state index in [1.807, 2.05) is 6.07 Å². The molecule has 0 aromatic heterocycles. The number of benzene rings is 1. The highest BCUT2D eigenvalue weighted by molar-refractivity contribution is 9.10. The zero-order valence-corrected chi connectivity index (χ0v) is 11.7. The molecule has 0 spiro atoms. The van der Waals surface area contributed by atoms with Crippen LogP contribution in [0.2, 0.25) is 0 Å². The maximum atomic E-state index is 13.3. The van der Waals surface area contributed by atoms with Gasteiger partial charge in [-0.15, -0.1) is 0 Å². The Hall–Kier alpha value is -0.410. The Kier molecular flexibility index (Phi) is 4.93. The summed E-state index contributed by atoms with van der Waals surface area (Å²) >= 11 is 3.28. The van der Waals surface area contributed by atoms with Crippen molar-refractivity contribution in [2.24, 2.45) is 0 Å². The lowest BCUT2D eigenvalue weighted by molar-refractivity contribution is 0.329. The number of rotatable bonds is 5. The van der Waals surface area contributed by atoms with Crippen molar-refractivity contribution in [3.8, 4) is 0 Å². The second-order valence-electron chi connectivity index (χ2n) is 4.33. The van der Waals surface area contributed by atoms with E-state index in [-0.39, 0.29) is 11.4 Å². The fourth-order valence-electron chi connectivity index (χ4n) is 1.49. The molecule has 0 amide bonds. The fourth-order valence-corrected chi connectivity index (χ4v) is 1.90. The Labute approximate surface area is 106 Å². The molecule has 1 N–H and O–H groups in total. The third-order valence-electron chi connectivity index (χ3n) is 3.30. The van der Waals surface area contributed by atoms with Crippen LogP contribution in [0.25, 0.3) is 0 Å². The summed E-state index contributed by atoms with van der Waals surface area (Å²) in [5.41, 5.74) is 1.10. The lowest BCUT2D eigenvalue weighted by Gasteiger charge is -2.28. The minimum Gasteiger partial charge on any atom is -0.307 e. The van der Waals surface area contributed by atoms with Gasteiger partial charge in [-0.05, 0) is 47.3 Å². The molecule has 0 aliphatic heterocycles. The topological polar surface area (TPSA) is 12.0 Å². The van der Waals surface area contributed by atoms with E-state index < -0.39 is 0 Å². The Morgan fingerprint density at radius 1 is 1.31 bits per heavy atom. The number of nitrogens with one attached hydrogen (secondary N) is 1. The van der Waals surface area contributed by atoms with Gasteiger partial charge in [0.05, 0.1) is 4.47 Å². The molecule has 0 heterocycles. The van der Waals surface area contributed by atoms with Crippen LogP contribution in [0.1, 0.15) is 39.2 Å². The van der Waals surface area contributed by atoms with Crippen molar-refractivity contribution in [1.29, 1.82) is 0 Å². The summed E-state index contributed by atoms with van der Waals surface area (Å²) in [7, 11) is 0. The van der Waals surface area contributed by atoms with Crippen molar-refractivity contribution in [3.63, 3.8) is 0 Å². The van der Waals surface area contributed by atoms with Gasteiger partial charge in [-0.2, -0.15) is 0 Å². The maximum absolute atomic E-state index is 13.3.